The molecule has 0 bridgehead atoms. The van der Waals surface area contributed by atoms with Gasteiger partial charge in [-0.1, -0.05) is 0 Å². The molecule has 0 atom stereocenters. The van der Waals surface area contributed by atoms with Crippen LogP contribution in [0.25, 0.3) is 5.65 Å². The lowest BCUT2D eigenvalue weighted by Gasteiger charge is -2.14. The first-order valence-corrected chi connectivity index (χ1v) is 7.53. The Balaban J connectivity index is 0.000000136. The van der Waals surface area contributed by atoms with E-state index < -0.39 is 0 Å². The topological polar surface area (TPSA) is 69.4 Å². The van der Waals surface area contributed by atoms with E-state index in [9.17, 15) is 4.79 Å². The Morgan fingerprint density at radius 1 is 1.17 bits per heavy atom. The van der Waals surface area contributed by atoms with Crippen LogP contribution in [0.4, 0.5) is 0 Å². The second-order valence-corrected chi connectivity index (χ2v) is 5.43. The summed E-state index contributed by atoms with van der Waals surface area (Å²) >= 11 is 0. The van der Waals surface area contributed by atoms with Crippen molar-refractivity contribution in [2.75, 3.05) is 6.61 Å². The van der Waals surface area contributed by atoms with Crippen molar-refractivity contribution in [3.05, 3.63) is 64.1 Å². The first kappa shape index (κ1) is 15.1. The van der Waals surface area contributed by atoms with Gasteiger partial charge < -0.3 is 9.14 Å². The summed E-state index contributed by atoms with van der Waals surface area (Å²) < 4.78 is 7.17. The molecular weight excluding hydrogens is 292 g/mol. The molecule has 6 nitrogen and oxygen atoms in total. The highest BCUT2D eigenvalue weighted by Crippen LogP contribution is 2.20. The van der Waals surface area contributed by atoms with E-state index in [1.165, 1.54) is 6.07 Å². The fraction of sp³-hybridized carbons (Fsp3) is 0.294. The van der Waals surface area contributed by atoms with Crippen molar-refractivity contribution in [2.24, 2.45) is 0 Å². The molecule has 6 heteroatoms. The van der Waals surface area contributed by atoms with E-state index in [2.05, 4.69) is 15.0 Å². The average Bonchev–Trinajstić information content (AvgIpc) is 2.55. The van der Waals surface area contributed by atoms with E-state index in [0.29, 0.717) is 5.65 Å². The zero-order chi connectivity index (χ0) is 16.2. The van der Waals surface area contributed by atoms with Gasteiger partial charge in [0.1, 0.15) is 11.5 Å². The van der Waals surface area contributed by atoms with Crippen LogP contribution < -0.4 is 10.3 Å². The van der Waals surface area contributed by atoms with Gasteiger partial charge in [-0.15, -0.1) is 0 Å². The lowest BCUT2D eigenvalue weighted by Crippen LogP contribution is -2.10. The highest BCUT2D eigenvalue weighted by molar-refractivity contribution is 5.39. The monoisotopic (exact) mass is 310 g/mol. The molecule has 0 aromatic carbocycles. The molecule has 118 valence electrons. The summed E-state index contributed by atoms with van der Waals surface area (Å²) in [4.78, 5) is 23.0. The molecule has 4 heterocycles. The lowest BCUT2D eigenvalue weighted by molar-refractivity contribution is 0.274. The van der Waals surface area contributed by atoms with Crippen LogP contribution in [-0.4, -0.2) is 26.0 Å². The van der Waals surface area contributed by atoms with Crippen molar-refractivity contribution < 1.29 is 4.74 Å². The molecule has 1 aliphatic heterocycles. The summed E-state index contributed by atoms with van der Waals surface area (Å²) in [5, 5.41) is 0. The Bertz CT molecular complexity index is 889. The van der Waals surface area contributed by atoms with Gasteiger partial charge in [-0.3, -0.25) is 4.79 Å². The Kier molecular flexibility index (Phi) is 4.32. The van der Waals surface area contributed by atoms with Crippen LogP contribution in [0.5, 0.6) is 5.88 Å². The normalized spacial score (nSPS) is 12.8. The maximum absolute atomic E-state index is 10.9. The Hall–Kier alpha value is -2.76. The molecule has 0 saturated heterocycles. The quantitative estimate of drug-likeness (QED) is 0.636. The third kappa shape index (κ3) is 3.71. The average molecular weight is 310 g/mol. The van der Waals surface area contributed by atoms with Crippen LogP contribution in [0.2, 0.25) is 0 Å². The van der Waals surface area contributed by atoms with Gasteiger partial charge in [-0.2, -0.15) is 9.97 Å². The SMILES string of the molecule is Cc1ccn2ccc(=O)nc2c1.Cc1ncc2c(n1)OCCC2. The predicted molar refractivity (Wildman–Crippen MR) is 86.8 cm³/mol. The highest BCUT2D eigenvalue weighted by Gasteiger charge is 2.11. The number of ether oxygens (including phenoxy) is 1. The summed E-state index contributed by atoms with van der Waals surface area (Å²) in [6.07, 6.45) is 7.59. The summed E-state index contributed by atoms with van der Waals surface area (Å²) in [6, 6.07) is 5.29. The molecule has 0 radical (unpaired) electrons. The largest absolute Gasteiger partial charge is 0.477 e. The maximum Gasteiger partial charge on any atom is 0.273 e. The van der Waals surface area contributed by atoms with Gasteiger partial charge in [-0.25, -0.2) is 4.98 Å². The van der Waals surface area contributed by atoms with Crippen LogP contribution >= 0.6 is 0 Å². The number of hydrogen-bond donors (Lipinski definition) is 0. The van der Waals surface area contributed by atoms with E-state index in [4.69, 9.17) is 4.74 Å². The zero-order valence-electron chi connectivity index (χ0n) is 13.2. The molecular formula is C17H18N4O2. The Labute approximate surface area is 133 Å². The Morgan fingerprint density at radius 2 is 2.00 bits per heavy atom. The molecule has 0 aliphatic carbocycles. The Morgan fingerprint density at radius 3 is 2.87 bits per heavy atom. The van der Waals surface area contributed by atoms with Crippen molar-refractivity contribution in [3.8, 4) is 5.88 Å². The molecule has 0 fully saturated rings. The first-order chi connectivity index (χ1) is 11.1. The number of hydrogen-bond acceptors (Lipinski definition) is 5. The smallest absolute Gasteiger partial charge is 0.273 e. The van der Waals surface area contributed by atoms with E-state index in [0.717, 1.165) is 42.3 Å². The van der Waals surface area contributed by atoms with Gasteiger partial charge in [0, 0.05) is 30.2 Å². The van der Waals surface area contributed by atoms with Gasteiger partial charge >= 0.3 is 0 Å². The fourth-order valence-corrected chi connectivity index (χ4v) is 2.31. The highest BCUT2D eigenvalue weighted by atomic mass is 16.5. The molecule has 3 aromatic heterocycles. The van der Waals surface area contributed by atoms with Crippen molar-refractivity contribution in [2.45, 2.75) is 26.7 Å². The number of aromatic nitrogens is 4. The van der Waals surface area contributed by atoms with E-state index >= 15 is 0 Å². The molecule has 23 heavy (non-hydrogen) atoms. The van der Waals surface area contributed by atoms with E-state index in [-0.39, 0.29) is 5.56 Å². The van der Waals surface area contributed by atoms with Gasteiger partial charge in [0.25, 0.3) is 5.56 Å². The third-order valence-electron chi connectivity index (χ3n) is 3.50. The fourth-order valence-electron chi connectivity index (χ4n) is 2.31. The summed E-state index contributed by atoms with van der Waals surface area (Å²) in [5.74, 6) is 1.56. The van der Waals surface area contributed by atoms with Crippen LogP contribution in [0.3, 0.4) is 0 Å². The van der Waals surface area contributed by atoms with E-state index in [1.54, 1.807) is 6.20 Å². The standard InChI is InChI=1S/C9H8N2O.C8H10N2O/c1-7-2-4-11-5-3-9(12)10-8(11)6-7;1-6-9-5-7-3-2-4-11-8(7)10-6/h2-6H,1H3;5H,2-4H2,1H3. The lowest BCUT2D eigenvalue weighted by atomic mass is 10.1. The van der Waals surface area contributed by atoms with Crippen molar-refractivity contribution in [1.29, 1.82) is 0 Å². The van der Waals surface area contributed by atoms with Crippen LogP contribution in [-0.2, 0) is 6.42 Å². The van der Waals surface area contributed by atoms with Crippen molar-refractivity contribution in [3.63, 3.8) is 0 Å². The van der Waals surface area contributed by atoms with Gasteiger partial charge in [0.05, 0.1) is 6.61 Å². The van der Waals surface area contributed by atoms with Crippen molar-refractivity contribution >= 4 is 5.65 Å². The number of rotatable bonds is 0. The summed E-state index contributed by atoms with van der Waals surface area (Å²) in [6.45, 7) is 4.64. The molecule has 1 aliphatic rings. The summed E-state index contributed by atoms with van der Waals surface area (Å²) in [7, 11) is 0. The number of pyridine rings is 1. The number of fused-ring (bicyclic) bond motifs is 2. The van der Waals surface area contributed by atoms with Gasteiger partial charge in [0.15, 0.2) is 0 Å². The maximum atomic E-state index is 10.9. The van der Waals surface area contributed by atoms with Crippen molar-refractivity contribution in [1.82, 2.24) is 19.4 Å². The molecule has 0 amide bonds. The molecule has 0 unspecified atom stereocenters. The molecule has 3 aromatic rings. The number of nitrogens with zero attached hydrogens (tertiary/aromatic N) is 4. The van der Waals surface area contributed by atoms with E-state index in [1.807, 2.05) is 42.8 Å². The number of aryl methyl sites for hydroxylation is 3. The first-order valence-electron chi connectivity index (χ1n) is 7.53. The van der Waals surface area contributed by atoms with Gasteiger partial charge in [0.2, 0.25) is 5.88 Å². The molecule has 0 saturated carbocycles. The minimum atomic E-state index is -0.194. The molecule has 4 rings (SSSR count). The second kappa shape index (κ2) is 6.56. The summed E-state index contributed by atoms with van der Waals surface area (Å²) in [5.41, 5.74) is 2.75. The van der Waals surface area contributed by atoms with Crippen LogP contribution in [0, 0.1) is 13.8 Å². The van der Waals surface area contributed by atoms with Gasteiger partial charge in [-0.05, 0) is 44.4 Å². The minimum absolute atomic E-state index is 0.194. The van der Waals surface area contributed by atoms with Crippen LogP contribution in [0.15, 0.2) is 41.6 Å². The zero-order valence-corrected chi connectivity index (χ0v) is 13.2. The van der Waals surface area contributed by atoms with Crippen LogP contribution in [0.1, 0.15) is 23.4 Å². The predicted octanol–water partition coefficient (Wildman–Crippen LogP) is 2.11. The molecule has 0 spiro atoms. The molecule has 0 N–H and O–H groups in total. The minimum Gasteiger partial charge on any atom is -0.477 e. The second-order valence-electron chi connectivity index (χ2n) is 5.43. The third-order valence-corrected chi connectivity index (χ3v) is 3.50.